The molecular formula is C10H12ClN3O3S. The molecule has 1 saturated heterocycles. The van der Waals surface area contributed by atoms with Gasteiger partial charge in [0.1, 0.15) is 5.25 Å². The predicted octanol–water partition coefficient (Wildman–Crippen LogP) is 0.316. The van der Waals surface area contributed by atoms with Gasteiger partial charge in [-0.3, -0.25) is 4.79 Å². The molecule has 4 N–H and O–H groups in total. The Bertz CT molecular complexity index is 602. The third-order valence-electron chi connectivity index (χ3n) is 2.84. The third kappa shape index (κ3) is 2.43. The standard InChI is InChI=1S/C10H12ClN3O3S/c11-6-1-2-8(12)9(3-6)14-5-7(4-10(14)15)18(13,16)17/h1-3,7H,4-5,12H2,(H2,13,16,17). The number of rotatable bonds is 2. The van der Waals surface area contributed by atoms with Crippen LogP contribution in [0.5, 0.6) is 0 Å². The molecule has 98 valence electrons. The van der Waals surface area contributed by atoms with Crippen LogP contribution >= 0.6 is 11.6 Å². The zero-order valence-corrected chi connectivity index (χ0v) is 10.9. The zero-order valence-electron chi connectivity index (χ0n) is 9.34. The van der Waals surface area contributed by atoms with Gasteiger partial charge in [0.15, 0.2) is 0 Å². The Hall–Kier alpha value is -1.31. The number of primary sulfonamides is 1. The summed E-state index contributed by atoms with van der Waals surface area (Å²) >= 11 is 5.83. The highest BCUT2D eigenvalue weighted by Gasteiger charge is 2.37. The first kappa shape index (κ1) is 13.1. The number of amides is 1. The van der Waals surface area contributed by atoms with Crippen LogP contribution in [0.4, 0.5) is 11.4 Å². The number of hydrogen-bond acceptors (Lipinski definition) is 4. The summed E-state index contributed by atoms with van der Waals surface area (Å²) in [7, 11) is -3.74. The van der Waals surface area contributed by atoms with E-state index in [1.165, 1.54) is 11.0 Å². The monoisotopic (exact) mass is 289 g/mol. The minimum absolute atomic E-state index is 0.00219. The molecule has 0 aliphatic carbocycles. The highest BCUT2D eigenvalue weighted by molar-refractivity contribution is 7.89. The maximum Gasteiger partial charge on any atom is 0.228 e. The summed E-state index contributed by atoms with van der Waals surface area (Å²) in [5.74, 6) is -0.331. The molecule has 1 atom stereocenters. The van der Waals surface area contributed by atoms with Crippen molar-refractivity contribution in [1.82, 2.24) is 0 Å². The van der Waals surface area contributed by atoms with Gasteiger partial charge in [0.25, 0.3) is 0 Å². The lowest BCUT2D eigenvalue weighted by atomic mass is 10.2. The van der Waals surface area contributed by atoms with Gasteiger partial charge in [-0.15, -0.1) is 0 Å². The van der Waals surface area contributed by atoms with Crippen molar-refractivity contribution >= 4 is 38.9 Å². The Labute approximate surface area is 110 Å². The van der Waals surface area contributed by atoms with Gasteiger partial charge < -0.3 is 10.6 Å². The molecule has 0 saturated carbocycles. The molecule has 18 heavy (non-hydrogen) atoms. The van der Waals surface area contributed by atoms with Gasteiger partial charge >= 0.3 is 0 Å². The molecule has 1 aliphatic rings. The summed E-state index contributed by atoms with van der Waals surface area (Å²) in [4.78, 5) is 13.1. The summed E-state index contributed by atoms with van der Waals surface area (Å²) in [5, 5.41) is 4.57. The molecule has 1 aromatic rings. The van der Waals surface area contributed by atoms with Crippen LogP contribution in [0.25, 0.3) is 0 Å². The van der Waals surface area contributed by atoms with E-state index in [0.717, 1.165) is 0 Å². The minimum atomic E-state index is -3.74. The average molecular weight is 290 g/mol. The number of anilines is 2. The van der Waals surface area contributed by atoms with E-state index in [2.05, 4.69) is 0 Å². The number of carbonyl (C=O) groups is 1. The van der Waals surface area contributed by atoms with E-state index >= 15 is 0 Å². The van der Waals surface area contributed by atoms with Crippen LogP contribution in [-0.4, -0.2) is 26.1 Å². The minimum Gasteiger partial charge on any atom is -0.397 e. The highest BCUT2D eigenvalue weighted by Crippen LogP contribution is 2.31. The third-order valence-corrected chi connectivity index (χ3v) is 4.32. The molecule has 1 unspecified atom stereocenters. The van der Waals surface area contributed by atoms with Crippen molar-refractivity contribution in [1.29, 1.82) is 0 Å². The van der Waals surface area contributed by atoms with Crippen LogP contribution in [0, 0.1) is 0 Å². The van der Waals surface area contributed by atoms with E-state index in [9.17, 15) is 13.2 Å². The number of nitrogens with zero attached hydrogens (tertiary/aromatic N) is 1. The molecule has 2 rings (SSSR count). The number of carbonyl (C=O) groups excluding carboxylic acids is 1. The Morgan fingerprint density at radius 2 is 2.06 bits per heavy atom. The van der Waals surface area contributed by atoms with E-state index in [4.69, 9.17) is 22.5 Å². The SMILES string of the molecule is Nc1ccc(Cl)cc1N1CC(S(N)(=O)=O)CC1=O. The predicted molar refractivity (Wildman–Crippen MR) is 69.7 cm³/mol. The maximum atomic E-state index is 11.8. The fourth-order valence-electron chi connectivity index (χ4n) is 1.88. The molecule has 1 fully saturated rings. The Morgan fingerprint density at radius 3 is 2.61 bits per heavy atom. The van der Waals surface area contributed by atoms with Crippen molar-refractivity contribution in [2.24, 2.45) is 5.14 Å². The normalized spacial score (nSPS) is 20.4. The first-order valence-electron chi connectivity index (χ1n) is 5.16. The smallest absolute Gasteiger partial charge is 0.228 e. The van der Waals surface area contributed by atoms with Gasteiger partial charge in [0.05, 0.1) is 11.4 Å². The van der Waals surface area contributed by atoms with Gasteiger partial charge in [0.2, 0.25) is 15.9 Å². The van der Waals surface area contributed by atoms with Crippen molar-refractivity contribution in [3.63, 3.8) is 0 Å². The van der Waals surface area contributed by atoms with Crippen LogP contribution in [0.1, 0.15) is 6.42 Å². The fraction of sp³-hybridized carbons (Fsp3) is 0.300. The second-order valence-corrected chi connectivity index (χ2v) is 6.40. The Balaban J connectivity index is 2.35. The molecule has 0 bridgehead atoms. The molecule has 1 amide bonds. The van der Waals surface area contributed by atoms with Crippen molar-refractivity contribution in [2.75, 3.05) is 17.2 Å². The fourth-order valence-corrected chi connectivity index (χ4v) is 2.78. The van der Waals surface area contributed by atoms with Gasteiger partial charge in [-0.1, -0.05) is 11.6 Å². The highest BCUT2D eigenvalue weighted by atomic mass is 35.5. The molecule has 0 spiro atoms. The molecular weight excluding hydrogens is 278 g/mol. The summed E-state index contributed by atoms with van der Waals surface area (Å²) in [6.45, 7) is 0.00219. The molecule has 1 aliphatic heterocycles. The summed E-state index contributed by atoms with van der Waals surface area (Å²) in [5.41, 5.74) is 6.53. The number of sulfonamides is 1. The number of benzene rings is 1. The van der Waals surface area contributed by atoms with Crippen molar-refractivity contribution in [3.05, 3.63) is 23.2 Å². The topological polar surface area (TPSA) is 106 Å². The van der Waals surface area contributed by atoms with Gasteiger partial charge in [-0.2, -0.15) is 0 Å². The van der Waals surface area contributed by atoms with Crippen LogP contribution in [-0.2, 0) is 14.8 Å². The molecule has 1 aromatic carbocycles. The lowest BCUT2D eigenvalue weighted by Gasteiger charge is -2.18. The molecule has 6 nitrogen and oxygen atoms in total. The van der Waals surface area contributed by atoms with E-state index in [1.54, 1.807) is 12.1 Å². The lowest BCUT2D eigenvalue weighted by molar-refractivity contribution is -0.117. The first-order chi connectivity index (χ1) is 8.29. The van der Waals surface area contributed by atoms with Gasteiger partial charge in [0, 0.05) is 18.0 Å². The van der Waals surface area contributed by atoms with Crippen molar-refractivity contribution in [2.45, 2.75) is 11.7 Å². The first-order valence-corrected chi connectivity index (χ1v) is 7.15. The summed E-state index contributed by atoms with van der Waals surface area (Å²) in [6, 6.07) is 4.69. The maximum absolute atomic E-state index is 11.8. The number of hydrogen-bond donors (Lipinski definition) is 2. The average Bonchev–Trinajstić information content (AvgIpc) is 2.64. The summed E-state index contributed by atoms with van der Waals surface area (Å²) in [6.07, 6.45) is -0.134. The van der Waals surface area contributed by atoms with E-state index < -0.39 is 15.3 Å². The van der Waals surface area contributed by atoms with Crippen molar-refractivity contribution in [3.8, 4) is 0 Å². The van der Waals surface area contributed by atoms with Gasteiger partial charge in [-0.25, -0.2) is 13.6 Å². The quantitative estimate of drug-likeness (QED) is 0.764. The summed E-state index contributed by atoms with van der Waals surface area (Å²) < 4.78 is 22.5. The van der Waals surface area contributed by atoms with E-state index in [1.807, 2.05) is 0 Å². The zero-order chi connectivity index (χ0) is 13.5. The van der Waals surface area contributed by atoms with E-state index in [0.29, 0.717) is 16.4 Å². The largest absolute Gasteiger partial charge is 0.397 e. The molecule has 8 heteroatoms. The second kappa shape index (κ2) is 4.42. The van der Waals surface area contributed by atoms with Crippen LogP contribution in [0.3, 0.4) is 0 Å². The van der Waals surface area contributed by atoms with Gasteiger partial charge in [-0.05, 0) is 18.2 Å². The molecule has 1 heterocycles. The Kier molecular flexibility index (Phi) is 3.22. The van der Waals surface area contributed by atoms with Crippen molar-refractivity contribution < 1.29 is 13.2 Å². The molecule has 0 aromatic heterocycles. The van der Waals surface area contributed by atoms with Crippen LogP contribution in [0.15, 0.2) is 18.2 Å². The number of nitrogen functional groups attached to an aromatic ring is 1. The lowest BCUT2D eigenvalue weighted by Crippen LogP contribution is -2.32. The number of halogens is 1. The van der Waals surface area contributed by atoms with Crippen LogP contribution in [0.2, 0.25) is 5.02 Å². The molecule has 0 radical (unpaired) electrons. The number of nitrogens with two attached hydrogens (primary N) is 2. The van der Waals surface area contributed by atoms with E-state index in [-0.39, 0.29) is 18.9 Å². The van der Waals surface area contributed by atoms with Crippen LogP contribution < -0.4 is 15.8 Å². The Morgan fingerprint density at radius 1 is 1.39 bits per heavy atom. The second-order valence-electron chi connectivity index (χ2n) is 4.12.